The number of nitrogens with zero attached hydrogens (tertiary/aromatic N) is 3. The molecular weight excluding hydrogens is 514 g/mol. The van der Waals surface area contributed by atoms with Gasteiger partial charge in [0.05, 0.1) is 5.56 Å². The van der Waals surface area contributed by atoms with Gasteiger partial charge in [0.1, 0.15) is 11.2 Å². The monoisotopic (exact) mass is 543 g/mol. The smallest absolute Gasteiger partial charge is 0.167 e. The molecule has 0 N–H and O–H groups in total. The molecule has 0 atom stereocenters. The van der Waals surface area contributed by atoms with Crippen molar-refractivity contribution in [1.82, 2.24) is 15.0 Å². The van der Waals surface area contributed by atoms with E-state index in [4.69, 9.17) is 19.4 Å². The van der Waals surface area contributed by atoms with E-state index in [1.807, 2.05) is 60.7 Å². The van der Waals surface area contributed by atoms with Crippen LogP contribution in [0.5, 0.6) is 0 Å². The lowest BCUT2D eigenvalue weighted by atomic mass is 9.74. The van der Waals surface area contributed by atoms with Crippen molar-refractivity contribution in [1.29, 1.82) is 0 Å². The van der Waals surface area contributed by atoms with Crippen LogP contribution < -0.4 is 0 Å². The molecule has 0 radical (unpaired) electrons. The molecule has 0 amide bonds. The van der Waals surface area contributed by atoms with Crippen LogP contribution in [0, 0.1) is 0 Å². The van der Waals surface area contributed by atoms with Crippen LogP contribution >= 0.6 is 0 Å². The van der Waals surface area contributed by atoms with Crippen LogP contribution in [0.3, 0.4) is 0 Å². The molecule has 202 valence electrons. The Morgan fingerprint density at radius 2 is 1.14 bits per heavy atom. The van der Waals surface area contributed by atoms with E-state index >= 15 is 0 Å². The molecule has 0 spiro atoms. The summed E-state index contributed by atoms with van der Waals surface area (Å²) in [7, 11) is 0. The number of aromatic nitrogens is 3. The van der Waals surface area contributed by atoms with E-state index in [0.29, 0.717) is 17.5 Å². The summed E-state index contributed by atoms with van der Waals surface area (Å²) in [4.78, 5) is 14.9. The van der Waals surface area contributed by atoms with Gasteiger partial charge in [0.2, 0.25) is 0 Å². The molecule has 0 fully saturated rings. The normalized spacial score (nSPS) is 13.4. The standard InChI is InChI=1S/C38H29N3O/c1-3-38(4-2)29-21-12-11-18-26(29)32-30(38)22-23-31-33(32)27-19-13-20-28(34(27)42-31)37-40-35(24-14-7-5-8-15-24)39-36(41-37)25-16-9-6-10-17-25/h5-23H,3-4H2,1-2H3. The van der Waals surface area contributed by atoms with Crippen LogP contribution in [0.4, 0.5) is 0 Å². The van der Waals surface area contributed by atoms with Gasteiger partial charge in [0.15, 0.2) is 17.5 Å². The number of hydrogen-bond acceptors (Lipinski definition) is 4. The van der Waals surface area contributed by atoms with E-state index < -0.39 is 0 Å². The Hall–Kier alpha value is -5.09. The summed E-state index contributed by atoms with van der Waals surface area (Å²) >= 11 is 0. The lowest BCUT2D eigenvalue weighted by Crippen LogP contribution is -2.22. The molecule has 4 nitrogen and oxygen atoms in total. The Labute approximate surface area is 244 Å². The third kappa shape index (κ3) is 3.51. The topological polar surface area (TPSA) is 51.8 Å². The second kappa shape index (κ2) is 9.49. The Kier molecular flexibility index (Phi) is 5.58. The third-order valence-corrected chi connectivity index (χ3v) is 9.04. The molecule has 1 aliphatic carbocycles. The second-order valence-corrected chi connectivity index (χ2v) is 11.0. The molecule has 0 aliphatic heterocycles. The SMILES string of the molecule is CCC1(CC)c2ccccc2-c2c1ccc1oc3c(-c4nc(-c5ccccc5)nc(-c5ccccc5)n4)cccc3c21. The van der Waals surface area contributed by atoms with Gasteiger partial charge in [-0.3, -0.25) is 0 Å². The Bertz CT molecular complexity index is 2050. The van der Waals surface area contributed by atoms with E-state index in [9.17, 15) is 0 Å². The van der Waals surface area contributed by atoms with Crippen molar-refractivity contribution >= 4 is 21.9 Å². The molecular formula is C38H29N3O. The minimum absolute atomic E-state index is 0.00466. The molecule has 0 bridgehead atoms. The maximum Gasteiger partial charge on any atom is 0.167 e. The van der Waals surface area contributed by atoms with Crippen molar-refractivity contribution in [2.24, 2.45) is 0 Å². The van der Waals surface area contributed by atoms with Crippen molar-refractivity contribution < 1.29 is 4.42 Å². The summed E-state index contributed by atoms with van der Waals surface area (Å²) in [5.74, 6) is 1.87. The first kappa shape index (κ1) is 24.7. The summed E-state index contributed by atoms with van der Waals surface area (Å²) in [6, 6.07) is 39.8. The molecule has 8 rings (SSSR count). The molecule has 2 aromatic heterocycles. The van der Waals surface area contributed by atoms with Gasteiger partial charge in [-0.15, -0.1) is 0 Å². The molecule has 0 saturated heterocycles. The first-order chi connectivity index (χ1) is 20.7. The molecule has 0 saturated carbocycles. The van der Waals surface area contributed by atoms with Gasteiger partial charge in [-0.25, -0.2) is 15.0 Å². The zero-order chi connectivity index (χ0) is 28.3. The molecule has 1 aliphatic rings. The van der Waals surface area contributed by atoms with Crippen LogP contribution in [0.2, 0.25) is 0 Å². The van der Waals surface area contributed by atoms with Gasteiger partial charge in [-0.1, -0.05) is 117 Å². The maximum atomic E-state index is 6.70. The summed E-state index contributed by atoms with van der Waals surface area (Å²) in [6.07, 6.45) is 2.10. The maximum absolute atomic E-state index is 6.70. The predicted molar refractivity (Wildman–Crippen MR) is 170 cm³/mol. The fraction of sp³-hybridized carbons (Fsp3) is 0.132. The van der Waals surface area contributed by atoms with Crippen molar-refractivity contribution in [3.63, 3.8) is 0 Å². The first-order valence-electron chi connectivity index (χ1n) is 14.7. The van der Waals surface area contributed by atoms with Crippen molar-refractivity contribution in [3.8, 4) is 45.3 Å². The highest BCUT2D eigenvalue weighted by molar-refractivity contribution is 6.17. The van der Waals surface area contributed by atoms with Crippen LogP contribution in [0.25, 0.3) is 67.2 Å². The molecule has 4 heteroatoms. The van der Waals surface area contributed by atoms with E-state index in [1.54, 1.807) is 0 Å². The minimum atomic E-state index is 0.00466. The van der Waals surface area contributed by atoms with Gasteiger partial charge >= 0.3 is 0 Å². The Balaban J connectivity index is 1.41. The predicted octanol–water partition coefficient (Wildman–Crippen LogP) is 9.86. The third-order valence-electron chi connectivity index (χ3n) is 9.04. The molecule has 0 unspecified atom stereocenters. The highest BCUT2D eigenvalue weighted by Crippen LogP contribution is 2.56. The number of benzene rings is 5. The van der Waals surface area contributed by atoms with Gasteiger partial charge in [0, 0.05) is 27.3 Å². The summed E-state index contributed by atoms with van der Waals surface area (Å²) in [6.45, 7) is 4.61. The molecule has 2 heterocycles. The summed E-state index contributed by atoms with van der Waals surface area (Å²) < 4.78 is 6.70. The van der Waals surface area contributed by atoms with E-state index in [0.717, 1.165) is 46.1 Å². The zero-order valence-corrected chi connectivity index (χ0v) is 23.6. The minimum Gasteiger partial charge on any atom is -0.455 e. The van der Waals surface area contributed by atoms with E-state index in [1.165, 1.54) is 27.6 Å². The first-order valence-corrected chi connectivity index (χ1v) is 14.7. The number of para-hydroxylation sites is 1. The number of hydrogen-bond donors (Lipinski definition) is 0. The second-order valence-electron chi connectivity index (χ2n) is 11.0. The fourth-order valence-corrected chi connectivity index (χ4v) is 6.95. The summed E-state index contributed by atoms with van der Waals surface area (Å²) in [5, 5.41) is 2.25. The molecule has 42 heavy (non-hydrogen) atoms. The molecule has 7 aromatic rings. The Morgan fingerprint density at radius 3 is 1.81 bits per heavy atom. The zero-order valence-electron chi connectivity index (χ0n) is 23.6. The van der Waals surface area contributed by atoms with Crippen LogP contribution in [0.1, 0.15) is 37.8 Å². The summed E-state index contributed by atoms with van der Waals surface area (Å²) in [5.41, 5.74) is 9.86. The lowest BCUT2D eigenvalue weighted by molar-refractivity contribution is 0.490. The Morgan fingerprint density at radius 1 is 0.548 bits per heavy atom. The quantitative estimate of drug-likeness (QED) is 0.217. The largest absolute Gasteiger partial charge is 0.455 e. The lowest BCUT2D eigenvalue weighted by Gasteiger charge is -2.29. The number of rotatable bonds is 5. The van der Waals surface area contributed by atoms with E-state index in [-0.39, 0.29) is 5.41 Å². The van der Waals surface area contributed by atoms with Crippen LogP contribution in [-0.2, 0) is 5.41 Å². The number of furan rings is 1. The van der Waals surface area contributed by atoms with Gasteiger partial charge in [0.25, 0.3) is 0 Å². The van der Waals surface area contributed by atoms with Crippen LogP contribution in [0.15, 0.2) is 120 Å². The van der Waals surface area contributed by atoms with Crippen LogP contribution in [-0.4, -0.2) is 15.0 Å². The highest BCUT2D eigenvalue weighted by atomic mass is 16.3. The van der Waals surface area contributed by atoms with Crippen molar-refractivity contribution in [3.05, 3.63) is 126 Å². The average Bonchev–Trinajstić information content (AvgIpc) is 3.59. The molecule has 5 aromatic carbocycles. The van der Waals surface area contributed by atoms with Gasteiger partial charge in [-0.2, -0.15) is 0 Å². The van der Waals surface area contributed by atoms with Crippen molar-refractivity contribution in [2.75, 3.05) is 0 Å². The van der Waals surface area contributed by atoms with Crippen molar-refractivity contribution in [2.45, 2.75) is 32.1 Å². The fourth-order valence-electron chi connectivity index (χ4n) is 6.95. The number of fused-ring (bicyclic) bond motifs is 7. The van der Waals surface area contributed by atoms with Gasteiger partial charge < -0.3 is 4.42 Å². The van der Waals surface area contributed by atoms with Gasteiger partial charge in [-0.05, 0) is 47.2 Å². The highest BCUT2D eigenvalue weighted by Gasteiger charge is 2.41. The average molecular weight is 544 g/mol. The van der Waals surface area contributed by atoms with E-state index in [2.05, 4.69) is 68.4 Å².